The lowest BCUT2D eigenvalue weighted by Crippen LogP contribution is -2.16. The van der Waals surface area contributed by atoms with E-state index in [2.05, 4.69) is 31.2 Å². The molecule has 4 rings (SSSR count). The Kier molecular flexibility index (Phi) is 8.55. The number of anilines is 1. The van der Waals surface area contributed by atoms with Crippen molar-refractivity contribution < 1.29 is 17.7 Å². The first-order chi connectivity index (χ1) is 18.2. The molecular formula is C28H33N5O4S. The van der Waals surface area contributed by atoms with Gasteiger partial charge < -0.3 is 14.6 Å². The quantitative estimate of drug-likeness (QED) is 0.276. The van der Waals surface area contributed by atoms with Gasteiger partial charge in [-0.2, -0.15) is 0 Å². The Hall–Kier alpha value is -3.60. The number of aromatic nitrogens is 3. The van der Waals surface area contributed by atoms with E-state index in [9.17, 15) is 8.42 Å². The van der Waals surface area contributed by atoms with Crippen molar-refractivity contribution >= 4 is 15.8 Å². The Morgan fingerprint density at radius 1 is 0.947 bits per heavy atom. The van der Waals surface area contributed by atoms with Crippen molar-refractivity contribution in [2.24, 2.45) is 0 Å². The van der Waals surface area contributed by atoms with Crippen LogP contribution in [-0.2, 0) is 34.5 Å². The molecule has 0 bridgehead atoms. The van der Waals surface area contributed by atoms with E-state index >= 15 is 0 Å². The van der Waals surface area contributed by atoms with E-state index in [0.29, 0.717) is 43.2 Å². The molecule has 9 nitrogen and oxygen atoms in total. The van der Waals surface area contributed by atoms with Gasteiger partial charge in [0.1, 0.15) is 11.6 Å². The van der Waals surface area contributed by atoms with Gasteiger partial charge in [-0.05, 0) is 63.4 Å². The molecule has 0 aliphatic heterocycles. The van der Waals surface area contributed by atoms with Crippen LogP contribution in [0.2, 0.25) is 0 Å². The fourth-order valence-corrected chi connectivity index (χ4v) is 5.47. The SMILES string of the molecule is CCOCc1cc(CNCc2cc(C)nc(C)n2)ccc1-c1ccccc1S(=O)(=O)Nc1noc(C)c1C. The normalized spacial score (nSPS) is 11.6. The van der Waals surface area contributed by atoms with Crippen LogP contribution in [0, 0.1) is 27.7 Å². The fraction of sp³-hybridized carbons (Fsp3) is 0.321. The van der Waals surface area contributed by atoms with E-state index in [1.165, 1.54) is 0 Å². The van der Waals surface area contributed by atoms with Gasteiger partial charge in [-0.15, -0.1) is 0 Å². The number of nitrogens with zero attached hydrogens (tertiary/aromatic N) is 3. The zero-order valence-corrected chi connectivity index (χ0v) is 23.1. The highest BCUT2D eigenvalue weighted by molar-refractivity contribution is 7.92. The van der Waals surface area contributed by atoms with Gasteiger partial charge in [-0.25, -0.2) is 18.4 Å². The third-order valence-corrected chi connectivity index (χ3v) is 7.54. The zero-order chi connectivity index (χ0) is 27.3. The fourth-order valence-electron chi connectivity index (χ4n) is 4.19. The second-order valence-electron chi connectivity index (χ2n) is 9.09. The molecule has 200 valence electrons. The van der Waals surface area contributed by atoms with Crippen molar-refractivity contribution in [3.63, 3.8) is 0 Å². The van der Waals surface area contributed by atoms with Crippen molar-refractivity contribution in [3.8, 4) is 11.1 Å². The van der Waals surface area contributed by atoms with Crippen LogP contribution in [0.5, 0.6) is 0 Å². The summed E-state index contributed by atoms with van der Waals surface area (Å²) in [5.41, 5.74) is 5.85. The molecule has 0 saturated heterocycles. The van der Waals surface area contributed by atoms with Gasteiger partial charge in [-0.1, -0.05) is 41.6 Å². The minimum absolute atomic E-state index is 0.151. The zero-order valence-electron chi connectivity index (χ0n) is 22.3. The van der Waals surface area contributed by atoms with Crippen LogP contribution in [0.15, 0.2) is 57.9 Å². The molecule has 0 fully saturated rings. The standard InChI is InChI=1S/C28H33N5O4S/c1-6-36-17-23-14-22(15-29-16-24-13-18(2)30-21(5)31-24)11-12-25(23)26-9-7-8-10-27(26)38(34,35)33-28-19(3)20(4)37-32-28/h7-14,29H,6,15-17H2,1-5H3,(H,32,33). The lowest BCUT2D eigenvalue weighted by atomic mass is 9.97. The smallest absolute Gasteiger partial charge is 0.263 e. The summed E-state index contributed by atoms with van der Waals surface area (Å²) in [4.78, 5) is 8.95. The molecule has 2 heterocycles. The van der Waals surface area contributed by atoms with Gasteiger partial charge in [-0.3, -0.25) is 4.72 Å². The van der Waals surface area contributed by atoms with Crippen molar-refractivity contribution in [1.82, 2.24) is 20.4 Å². The minimum atomic E-state index is -3.94. The molecular weight excluding hydrogens is 502 g/mol. The third-order valence-electron chi connectivity index (χ3n) is 6.14. The summed E-state index contributed by atoms with van der Waals surface area (Å²) >= 11 is 0. The Morgan fingerprint density at radius 3 is 2.45 bits per heavy atom. The highest BCUT2D eigenvalue weighted by Gasteiger charge is 2.23. The molecule has 2 aromatic heterocycles. The molecule has 0 unspecified atom stereocenters. The van der Waals surface area contributed by atoms with Crippen LogP contribution in [0.1, 0.15) is 46.6 Å². The Labute approximate surface area is 223 Å². The van der Waals surface area contributed by atoms with Crippen molar-refractivity contribution in [2.45, 2.75) is 59.2 Å². The first-order valence-electron chi connectivity index (χ1n) is 12.4. The summed E-state index contributed by atoms with van der Waals surface area (Å²) in [7, 11) is -3.94. The second kappa shape index (κ2) is 11.8. The Bertz CT molecular complexity index is 1510. The topological polar surface area (TPSA) is 119 Å². The van der Waals surface area contributed by atoms with Gasteiger partial charge in [0.25, 0.3) is 10.0 Å². The minimum Gasteiger partial charge on any atom is -0.377 e. The summed E-state index contributed by atoms with van der Waals surface area (Å²) in [6.07, 6.45) is 0. The molecule has 0 aliphatic carbocycles. The van der Waals surface area contributed by atoms with Crippen LogP contribution in [0.3, 0.4) is 0 Å². The predicted octanol–water partition coefficient (Wildman–Crippen LogP) is 4.99. The monoisotopic (exact) mass is 535 g/mol. The average molecular weight is 536 g/mol. The molecule has 38 heavy (non-hydrogen) atoms. The van der Waals surface area contributed by atoms with E-state index in [1.807, 2.05) is 45.0 Å². The molecule has 0 radical (unpaired) electrons. The number of rotatable bonds is 11. The maximum atomic E-state index is 13.4. The number of sulfonamides is 1. The first-order valence-corrected chi connectivity index (χ1v) is 13.9. The van der Waals surface area contributed by atoms with Crippen LogP contribution < -0.4 is 10.0 Å². The lowest BCUT2D eigenvalue weighted by Gasteiger charge is -2.16. The average Bonchev–Trinajstić information content (AvgIpc) is 3.18. The number of benzene rings is 2. The van der Waals surface area contributed by atoms with E-state index in [0.717, 1.165) is 33.9 Å². The molecule has 2 aromatic carbocycles. The first kappa shape index (κ1) is 27.4. The van der Waals surface area contributed by atoms with Gasteiger partial charge in [0.2, 0.25) is 0 Å². The van der Waals surface area contributed by atoms with Crippen LogP contribution >= 0.6 is 0 Å². The van der Waals surface area contributed by atoms with Gasteiger partial charge in [0.05, 0.1) is 17.2 Å². The second-order valence-corrected chi connectivity index (χ2v) is 10.7. The predicted molar refractivity (Wildman–Crippen MR) is 146 cm³/mol. The third kappa shape index (κ3) is 6.45. The molecule has 0 saturated carbocycles. The van der Waals surface area contributed by atoms with E-state index in [1.54, 1.807) is 32.0 Å². The van der Waals surface area contributed by atoms with E-state index < -0.39 is 10.0 Å². The van der Waals surface area contributed by atoms with E-state index in [4.69, 9.17) is 9.26 Å². The molecule has 0 amide bonds. The molecule has 2 N–H and O–H groups in total. The van der Waals surface area contributed by atoms with Crippen molar-refractivity contribution in [1.29, 1.82) is 0 Å². The highest BCUT2D eigenvalue weighted by atomic mass is 32.2. The van der Waals surface area contributed by atoms with Gasteiger partial charge in [0.15, 0.2) is 5.82 Å². The summed E-state index contributed by atoms with van der Waals surface area (Å²) in [5.74, 6) is 1.49. The summed E-state index contributed by atoms with van der Waals surface area (Å²) in [6, 6.07) is 14.9. The number of hydrogen-bond donors (Lipinski definition) is 2. The number of hydrogen-bond acceptors (Lipinski definition) is 8. The molecule has 0 atom stereocenters. The van der Waals surface area contributed by atoms with Crippen LogP contribution in [0.4, 0.5) is 5.82 Å². The van der Waals surface area contributed by atoms with Crippen molar-refractivity contribution in [3.05, 3.63) is 88.2 Å². The molecule has 0 spiro atoms. The van der Waals surface area contributed by atoms with Crippen LogP contribution in [-0.4, -0.2) is 30.1 Å². The maximum Gasteiger partial charge on any atom is 0.263 e. The van der Waals surface area contributed by atoms with E-state index in [-0.39, 0.29) is 10.7 Å². The number of ether oxygens (including phenoxy) is 1. The van der Waals surface area contributed by atoms with Gasteiger partial charge >= 0.3 is 0 Å². The molecule has 4 aromatic rings. The Morgan fingerprint density at radius 2 is 1.74 bits per heavy atom. The highest BCUT2D eigenvalue weighted by Crippen LogP contribution is 2.33. The van der Waals surface area contributed by atoms with Crippen molar-refractivity contribution in [2.75, 3.05) is 11.3 Å². The summed E-state index contributed by atoms with van der Waals surface area (Å²) in [5, 5.41) is 7.29. The molecule has 0 aliphatic rings. The number of aryl methyl sites for hydroxylation is 3. The van der Waals surface area contributed by atoms with Gasteiger partial charge in [0, 0.05) is 36.5 Å². The maximum absolute atomic E-state index is 13.4. The van der Waals surface area contributed by atoms with Crippen LogP contribution in [0.25, 0.3) is 11.1 Å². The summed E-state index contributed by atoms with van der Waals surface area (Å²) in [6.45, 7) is 11.4. The number of nitrogens with one attached hydrogen (secondary N) is 2. The molecule has 10 heteroatoms. The largest absolute Gasteiger partial charge is 0.377 e. The lowest BCUT2D eigenvalue weighted by molar-refractivity contribution is 0.134. The summed E-state index contributed by atoms with van der Waals surface area (Å²) < 4.78 is 40.3. The Balaban J connectivity index is 1.62.